The highest BCUT2D eigenvalue weighted by Gasteiger charge is 2.08. The van der Waals surface area contributed by atoms with Crippen molar-refractivity contribution in [2.75, 3.05) is 5.32 Å². The second-order valence-corrected chi connectivity index (χ2v) is 3.83. The van der Waals surface area contributed by atoms with Crippen molar-refractivity contribution < 1.29 is 4.79 Å². The summed E-state index contributed by atoms with van der Waals surface area (Å²) in [7, 11) is 0. The summed E-state index contributed by atoms with van der Waals surface area (Å²) in [5, 5.41) is 6.53. The molecule has 0 atom stereocenters. The highest BCUT2D eigenvalue weighted by atomic mass is 32.1. The Bertz CT molecular complexity index is 559. The average molecular weight is 262 g/mol. The second kappa shape index (κ2) is 5.40. The van der Waals surface area contributed by atoms with Crippen LogP contribution in [-0.2, 0) is 0 Å². The molecule has 84 valence electrons. The molecule has 0 fully saturated rings. The maximum absolute atomic E-state index is 11.6. The number of nitrogens with one attached hydrogen (secondary N) is 1. The third-order valence-corrected chi connectivity index (χ3v) is 2.51. The van der Waals surface area contributed by atoms with E-state index in [0.717, 1.165) is 0 Å². The first-order chi connectivity index (χ1) is 8.29. The topological polar surface area (TPSA) is 67.2 Å². The number of anilines is 1. The normalized spacial score (nSPS) is 9.41. The molecule has 0 radical (unpaired) electrons. The van der Waals surface area contributed by atoms with Gasteiger partial charge in [-0.25, -0.2) is 9.97 Å². The minimum atomic E-state index is -0.287. The molecule has 0 aliphatic heterocycles. The predicted molar refractivity (Wildman–Crippen MR) is 69.0 cm³/mol. The molecule has 5 nitrogen and oxygen atoms in total. The summed E-state index contributed by atoms with van der Waals surface area (Å²) in [4.78, 5) is 23.3. The monoisotopic (exact) mass is 262 g/mol. The minimum Gasteiger partial charge on any atom is -0.305 e. The SMILES string of the molecule is O=C(Nc1ccc(N=C=S)cn1)c1cscn1. The second-order valence-electron chi connectivity index (χ2n) is 2.93. The molecule has 0 spiro atoms. The molecular formula is C10H6N4OS2. The first-order valence-electron chi connectivity index (χ1n) is 4.53. The first kappa shape index (κ1) is 11.5. The maximum Gasteiger partial charge on any atom is 0.276 e. The van der Waals surface area contributed by atoms with Gasteiger partial charge in [0.15, 0.2) is 0 Å². The van der Waals surface area contributed by atoms with Gasteiger partial charge in [-0.05, 0) is 24.4 Å². The van der Waals surface area contributed by atoms with Gasteiger partial charge in [-0.2, -0.15) is 4.99 Å². The van der Waals surface area contributed by atoms with E-state index in [0.29, 0.717) is 17.2 Å². The highest BCUT2D eigenvalue weighted by Crippen LogP contribution is 2.13. The van der Waals surface area contributed by atoms with Crippen LogP contribution >= 0.6 is 23.6 Å². The van der Waals surface area contributed by atoms with Crippen molar-refractivity contribution in [2.24, 2.45) is 4.99 Å². The van der Waals surface area contributed by atoms with Gasteiger partial charge in [-0.15, -0.1) is 11.3 Å². The van der Waals surface area contributed by atoms with Crippen molar-refractivity contribution in [2.45, 2.75) is 0 Å². The Morgan fingerprint density at radius 1 is 1.47 bits per heavy atom. The van der Waals surface area contributed by atoms with Crippen LogP contribution in [-0.4, -0.2) is 21.0 Å². The predicted octanol–water partition coefficient (Wildman–Crippen LogP) is 2.52. The quantitative estimate of drug-likeness (QED) is 0.681. The number of hydrogen-bond donors (Lipinski definition) is 1. The molecular weight excluding hydrogens is 256 g/mol. The van der Waals surface area contributed by atoms with Gasteiger partial charge in [-0.3, -0.25) is 4.79 Å². The number of aliphatic imine (C=N–C) groups is 1. The summed E-state index contributed by atoms with van der Waals surface area (Å²) >= 11 is 5.83. The molecule has 0 saturated heterocycles. The van der Waals surface area contributed by atoms with Gasteiger partial charge in [0.2, 0.25) is 0 Å². The Labute approximate surface area is 106 Å². The minimum absolute atomic E-state index is 0.287. The molecule has 2 rings (SSSR count). The fourth-order valence-corrected chi connectivity index (χ4v) is 1.72. The number of pyridine rings is 1. The lowest BCUT2D eigenvalue weighted by Gasteiger charge is -2.01. The third-order valence-electron chi connectivity index (χ3n) is 1.83. The van der Waals surface area contributed by atoms with Crippen molar-refractivity contribution in [1.82, 2.24) is 9.97 Å². The molecule has 0 aromatic carbocycles. The molecule has 0 aliphatic rings. The van der Waals surface area contributed by atoms with E-state index in [-0.39, 0.29) is 5.91 Å². The highest BCUT2D eigenvalue weighted by molar-refractivity contribution is 7.78. The van der Waals surface area contributed by atoms with Crippen LogP contribution in [0.4, 0.5) is 11.5 Å². The lowest BCUT2D eigenvalue weighted by Crippen LogP contribution is -2.12. The fraction of sp³-hybridized carbons (Fsp3) is 0. The van der Waals surface area contributed by atoms with Crippen molar-refractivity contribution in [3.63, 3.8) is 0 Å². The zero-order chi connectivity index (χ0) is 12.1. The fourth-order valence-electron chi connectivity index (χ4n) is 1.08. The van der Waals surface area contributed by atoms with Crippen LogP contribution in [0.3, 0.4) is 0 Å². The molecule has 1 amide bonds. The lowest BCUT2D eigenvalue weighted by atomic mass is 10.4. The Morgan fingerprint density at radius 3 is 2.94 bits per heavy atom. The van der Waals surface area contributed by atoms with Gasteiger partial charge in [0.1, 0.15) is 11.5 Å². The molecule has 0 unspecified atom stereocenters. The smallest absolute Gasteiger partial charge is 0.276 e. The molecule has 1 N–H and O–H groups in total. The van der Waals surface area contributed by atoms with Gasteiger partial charge in [0, 0.05) is 5.38 Å². The molecule has 2 heterocycles. The zero-order valence-electron chi connectivity index (χ0n) is 8.45. The molecule has 7 heteroatoms. The zero-order valence-corrected chi connectivity index (χ0v) is 10.1. The van der Waals surface area contributed by atoms with E-state index < -0.39 is 0 Å². The Morgan fingerprint density at radius 2 is 2.35 bits per heavy atom. The summed E-state index contributed by atoms with van der Waals surface area (Å²) < 4.78 is 0. The van der Waals surface area contributed by atoms with E-state index in [1.165, 1.54) is 17.5 Å². The van der Waals surface area contributed by atoms with Crippen molar-refractivity contribution in [3.8, 4) is 0 Å². The molecule has 17 heavy (non-hydrogen) atoms. The van der Waals surface area contributed by atoms with Crippen molar-refractivity contribution in [1.29, 1.82) is 0 Å². The summed E-state index contributed by atoms with van der Waals surface area (Å²) in [6, 6.07) is 3.32. The Kier molecular flexibility index (Phi) is 3.66. The van der Waals surface area contributed by atoms with E-state index in [9.17, 15) is 4.79 Å². The largest absolute Gasteiger partial charge is 0.305 e. The van der Waals surface area contributed by atoms with Crippen LogP contribution in [0, 0.1) is 0 Å². The first-order valence-corrected chi connectivity index (χ1v) is 5.88. The average Bonchev–Trinajstić information content (AvgIpc) is 2.86. The summed E-state index contributed by atoms with van der Waals surface area (Å²) in [5.74, 6) is 0.149. The summed E-state index contributed by atoms with van der Waals surface area (Å²) in [6.45, 7) is 0. The number of rotatable bonds is 3. The van der Waals surface area contributed by atoms with Gasteiger partial charge in [0.25, 0.3) is 5.91 Å². The molecule has 2 aromatic rings. The Balaban J connectivity index is 2.09. The van der Waals surface area contributed by atoms with E-state index in [1.807, 2.05) is 0 Å². The number of isothiocyanates is 1. The van der Waals surface area contributed by atoms with E-state index in [4.69, 9.17) is 0 Å². The van der Waals surface area contributed by atoms with Crippen LogP contribution in [0.1, 0.15) is 10.5 Å². The van der Waals surface area contributed by atoms with Crippen molar-refractivity contribution >= 4 is 46.1 Å². The van der Waals surface area contributed by atoms with Crippen LogP contribution < -0.4 is 5.32 Å². The summed E-state index contributed by atoms with van der Waals surface area (Å²) in [5.41, 5.74) is 2.56. The number of thiocarbonyl (C=S) groups is 1. The van der Waals surface area contributed by atoms with Crippen LogP contribution in [0.2, 0.25) is 0 Å². The van der Waals surface area contributed by atoms with Gasteiger partial charge in [-0.1, -0.05) is 0 Å². The molecule has 2 aromatic heterocycles. The molecule has 0 aliphatic carbocycles. The van der Waals surface area contributed by atoms with Crippen LogP contribution in [0.5, 0.6) is 0 Å². The van der Waals surface area contributed by atoms with Crippen LogP contribution in [0.15, 0.2) is 34.2 Å². The summed E-state index contributed by atoms with van der Waals surface area (Å²) in [6.07, 6.45) is 1.50. The van der Waals surface area contributed by atoms with Gasteiger partial charge in [0.05, 0.1) is 22.6 Å². The molecule has 0 bridgehead atoms. The van der Waals surface area contributed by atoms with E-state index in [1.54, 1.807) is 23.0 Å². The number of nitrogens with zero attached hydrogens (tertiary/aromatic N) is 3. The number of aromatic nitrogens is 2. The Hall–Kier alpha value is -1.95. The van der Waals surface area contributed by atoms with Gasteiger partial charge < -0.3 is 5.32 Å². The number of thiazole rings is 1. The van der Waals surface area contributed by atoms with E-state index >= 15 is 0 Å². The van der Waals surface area contributed by atoms with Crippen LogP contribution in [0.25, 0.3) is 0 Å². The standard InChI is InChI=1S/C10H6N4OS2/c15-10(8-4-17-6-13-8)14-9-2-1-7(3-11-9)12-5-16/h1-4,6H,(H,11,14,15). The van der Waals surface area contributed by atoms with Crippen molar-refractivity contribution in [3.05, 3.63) is 34.9 Å². The number of carbonyl (C=O) groups is 1. The van der Waals surface area contributed by atoms with E-state index in [2.05, 4.69) is 37.7 Å². The lowest BCUT2D eigenvalue weighted by molar-refractivity contribution is 0.102. The number of hydrogen-bond acceptors (Lipinski definition) is 6. The van der Waals surface area contributed by atoms with Gasteiger partial charge >= 0.3 is 0 Å². The molecule has 0 saturated carbocycles. The third kappa shape index (κ3) is 3.01. The number of carbonyl (C=O) groups excluding carboxylic acids is 1. The number of amides is 1. The maximum atomic E-state index is 11.6.